The number of carbonyl (C=O) groups excluding carboxylic acids is 1. The Balaban J connectivity index is 2.49. The average molecular weight is 335 g/mol. The first kappa shape index (κ1) is 17.7. The van der Waals surface area contributed by atoms with Crippen LogP contribution in [0.25, 0.3) is 5.65 Å². The fraction of sp³-hybridized carbons (Fsp3) is 0.438. The number of carboxylic acid groups (broad SMARTS) is 1. The number of fused-ring (bicyclic) bond motifs is 1. The van der Waals surface area contributed by atoms with Crippen LogP contribution in [0.1, 0.15) is 37.0 Å². The van der Waals surface area contributed by atoms with Gasteiger partial charge in [0.25, 0.3) is 5.91 Å². The lowest BCUT2D eigenvalue weighted by atomic mass is 10.1. The van der Waals surface area contributed by atoms with Gasteiger partial charge in [-0.1, -0.05) is 6.92 Å². The molecule has 8 nitrogen and oxygen atoms in total. The highest BCUT2D eigenvalue weighted by Gasteiger charge is 2.28. The monoisotopic (exact) mass is 335 g/mol. The number of aliphatic carboxylic acids is 1. The molecule has 0 spiro atoms. The van der Waals surface area contributed by atoms with E-state index in [-0.39, 0.29) is 5.69 Å². The van der Waals surface area contributed by atoms with Gasteiger partial charge in [0, 0.05) is 6.20 Å². The maximum absolute atomic E-state index is 12.6. The Morgan fingerprint density at radius 1 is 1.42 bits per heavy atom. The van der Waals surface area contributed by atoms with Gasteiger partial charge in [-0.3, -0.25) is 9.20 Å². The first-order chi connectivity index (χ1) is 11.4. The predicted octanol–water partition coefficient (Wildman–Crippen LogP) is 0.859. The van der Waals surface area contributed by atoms with Crippen LogP contribution >= 0.6 is 0 Å². The van der Waals surface area contributed by atoms with Crippen LogP contribution in [0.15, 0.2) is 18.3 Å². The molecule has 24 heavy (non-hydrogen) atoms. The van der Waals surface area contributed by atoms with Gasteiger partial charge in [0.15, 0.2) is 17.4 Å². The van der Waals surface area contributed by atoms with Crippen molar-refractivity contribution in [3.8, 4) is 5.75 Å². The number of hydrogen-bond donors (Lipinski definition) is 3. The van der Waals surface area contributed by atoms with Gasteiger partial charge in [0.1, 0.15) is 5.69 Å². The third-order valence-corrected chi connectivity index (χ3v) is 3.57. The van der Waals surface area contributed by atoms with Crippen molar-refractivity contribution in [1.82, 2.24) is 14.7 Å². The molecule has 8 heteroatoms. The lowest BCUT2D eigenvalue weighted by Crippen LogP contribution is -2.48. The molecule has 2 unspecified atom stereocenters. The molecule has 0 saturated carbocycles. The molecule has 3 N–H and O–H groups in total. The Morgan fingerprint density at radius 3 is 2.67 bits per heavy atom. The number of ether oxygens (including phenoxy) is 1. The maximum Gasteiger partial charge on any atom is 0.328 e. The summed E-state index contributed by atoms with van der Waals surface area (Å²) in [6.07, 6.45) is 0.925. The molecule has 2 aromatic rings. The third kappa shape index (κ3) is 3.33. The molecule has 2 aromatic heterocycles. The number of nitrogens with zero attached hydrogens (tertiary/aromatic N) is 2. The fourth-order valence-corrected chi connectivity index (χ4v) is 2.44. The summed E-state index contributed by atoms with van der Waals surface area (Å²) in [4.78, 5) is 28.2. The first-order valence-corrected chi connectivity index (χ1v) is 7.75. The molecule has 0 aliphatic rings. The summed E-state index contributed by atoms with van der Waals surface area (Å²) < 4.78 is 7.09. The highest BCUT2D eigenvalue weighted by atomic mass is 16.5. The van der Waals surface area contributed by atoms with E-state index in [0.29, 0.717) is 30.1 Å². The SMILES string of the molecule is CCOc1cccn2c(C(=O)NC(C(=O)O)C(C)O)c(CC)nc12. The molecular formula is C16H21N3O5. The second-order valence-electron chi connectivity index (χ2n) is 5.29. The van der Waals surface area contributed by atoms with Crippen molar-refractivity contribution < 1.29 is 24.5 Å². The van der Waals surface area contributed by atoms with Crippen molar-refractivity contribution in [1.29, 1.82) is 0 Å². The lowest BCUT2D eigenvalue weighted by molar-refractivity contribution is -0.141. The van der Waals surface area contributed by atoms with E-state index in [9.17, 15) is 14.7 Å². The summed E-state index contributed by atoms with van der Waals surface area (Å²) >= 11 is 0. The normalized spacial score (nSPS) is 13.5. The van der Waals surface area contributed by atoms with E-state index >= 15 is 0 Å². The molecule has 0 aliphatic carbocycles. The molecule has 130 valence electrons. The molecule has 2 rings (SSSR count). The number of rotatable bonds is 7. The van der Waals surface area contributed by atoms with Crippen LogP contribution in [0.4, 0.5) is 0 Å². The van der Waals surface area contributed by atoms with Gasteiger partial charge in [-0.25, -0.2) is 9.78 Å². The number of hydrogen-bond acceptors (Lipinski definition) is 5. The van der Waals surface area contributed by atoms with Crippen LogP contribution in [0.3, 0.4) is 0 Å². The molecular weight excluding hydrogens is 314 g/mol. The Labute approximate surface area is 139 Å². The maximum atomic E-state index is 12.6. The predicted molar refractivity (Wildman–Crippen MR) is 86.3 cm³/mol. The van der Waals surface area contributed by atoms with Crippen molar-refractivity contribution in [2.24, 2.45) is 0 Å². The van der Waals surface area contributed by atoms with E-state index in [2.05, 4.69) is 10.3 Å². The number of carboxylic acids is 1. The van der Waals surface area contributed by atoms with E-state index in [0.717, 1.165) is 0 Å². The smallest absolute Gasteiger partial charge is 0.328 e. The summed E-state index contributed by atoms with van der Waals surface area (Å²) in [6.45, 7) is 5.46. The Hall–Kier alpha value is -2.61. The fourth-order valence-electron chi connectivity index (χ4n) is 2.44. The number of nitrogens with one attached hydrogen (secondary N) is 1. The summed E-state index contributed by atoms with van der Waals surface area (Å²) in [6, 6.07) is 2.07. The van der Waals surface area contributed by atoms with Crippen molar-refractivity contribution in [2.45, 2.75) is 39.3 Å². The number of imidazole rings is 1. The van der Waals surface area contributed by atoms with E-state index in [1.165, 1.54) is 6.92 Å². The van der Waals surface area contributed by atoms with Gasteiger partial charge in [0.2, 0.25) is 0 Å². The number of aromatic nitrogens is 2. The number of aryl methyl sites for hydroxylation is 1. The number of amides is 1. The van der Waals surface area contributed by atoms with Gasteiger partial charge in [0.05, 0.1) is 18.4 Å². The number of pyridine rings is 1. The average Bonchev–Trinajstić information content (AvgIpc) is 2.91. The second kappa shape index (κ2) is 7.31. The van der Waals surface area contributed by atoms with E-state index < -0.39 is 24.0 Å². The van der Waals surface area contributed by atoms with Crippen molar-refractivity contribution in [3.63, 3.8) is 0 Å². The van der Waals surface area contributed by atoms with Gasteiger partial charge in [-0.05, 0) is 32.4 Å². The topological polar surface area (TPSA) is 113 Å². The zero-order chi connectivity index (χ0) is 17.9. The van der Waals surface area contributed by atoms with E-state index in [1.807, 2.05) is 13.8 Å². The first-order valence-electron chi connectivity index (χ1n) is 7.75. The van der Waals surface area contributed by atoms with Crippen LogP contribution in [0.2, 0.25) is 0 Å². The minimum atomic E-state index is -1.40. The van der Waals surface area contributed by atoms with Crippen molar-refractivity contribution >= 4 is 17.5 Å². The molecule has 1 amide bonds. The van der Waals surface area contributed by atoms with Crippen molar-refractivity contribution in [3.05, 3.63) is 29.7 Å². The number of aliphatic hydroxyl groups is 1. The zero-order valence-electron chi connectivity index (χ0n) is 13.8. The molecule has 0 aliphatic heterocycles. The standard InChI is InChI=1S/C16H21N3O5/c1-4-10-13(15(21)18-12(9(3)20)16(22)23)19-8-6-7-11(24-5-2)14(19)17-10/h6-9,12,20H,4-5H2,1-3H3,(H,18,21)(H,22,23). The molecule has 2 heterocycles. The molecule has 0 radical (unpaired) electrons. The van der Waals surface area contributed by atoms with Gasteiger partial charge >= 0.3 is 5.97 Å². The zero-order valence-corrected chi connectivity index (χ0v) is 13.8. The molecule has 0 bridgehead atoms. The van der Waals surface area contributed by atoms with Gasteiger partial charge in [-0.2, -0.15) is 0 Å². The Bertz CT molecular complexity index is 753. The highest BCUT2D eigenvalue weighted by Crippen LogP contribution is 2.23. The van der Waals surface area contributed by atoms with Crippen molar-refractivity contribution in [2.75, 3.05) is 6.61 Å². The molecule has 0 fully saturated rings. The quantitative estimate of drug-likeness (QED) is 0.692. The van der Waals surface area contributed by atoms with Crippen LogP contribution < -0.4 is 10.1 Å². The highest BCUT2D eigenvalue weighted by molar-refractivity contribution is 5.97. The Kier molecular flexibility index (Phi) is 5.40. The van der Waals surface area contributed by atoms with Gasteiger partial charge < -0.3 is 20.3 Å². The Morgan fingerprint density at radius 2 is 2.12 bits per heavy atom. The molecule has 0 aromatic carbocycles. The van der Waals surface area contributed by atoms with Crippen LogP contribution in [0.5, 0.6) is 5.75 Å². The summed E-state index contributed by atoms with van der Waals surface area (Å²) in [5.74, 6) is -1.37. The van der Waals surface area contributed by atoms with Gasteiger partial charge in [-0.15, -0.1) is 0 Å². The third-order valence-electron chi connectivity index (χ3n) is 3.57. The summed E-state index contributed by atoms with van der Waals surface area (Å²) in [7, 11) is 0. The largest absolute Gasteiger partial charge is 0.490 e. The lowest BCUT2D eigenvalue weighted by Gasteiger charge is -2.17. The number of aliphatic hydroxyl groups excluding tert-OH is 1. The minimum absolute atomic E-state index is 0.237. The van der Waals surface area contributed by atoms with Crippen LogP contribution in [0, 0.1) is 0 Å². The molecule has 2 atom stereocenters. The van der Waals surface area contributed by atoms with Crippen LogP contribution in [-0.2, 0) is 11.2 Å². The minimum Gasteiger partial charge on any atom is -0.490 e. The van der Waals surface area contributed by atoms with E-state index in [4.69, 9.17) is 9.84 Å². The summed E-state index contributed by atoms with van der Waals surface area (Å²) in [5, 5.41) is 21.0. The van der Waals surface area contributed by atoms with Crippen LogP contribution in [-0.4, -0.2) is 50.2 Å². The number of carbonyl (C=O) groups is 2. The molecule has 0 saturated heterocycles. The summed E-state index contributed by atoms with van der Waals surface area (Å²) in [5.41, 5.74) is 1.25. The second-order valence-corrected chi connectivity index (χ2v) is 5.29. The van der Waals surface area contributed by atoms with E-state index in [1.54, 1.807) is 22.7 Å².